The lowest BCUT2D eigenvalue weighted by molar-refractivity contribution is -0.118. The number of nitrogens with zero attached hydrogens (tertiary/aromatic N) is 2. The molecule has 1 aliphatic rings. The van der Waals surface area contributed by atoms with Crippen LogP contribution in [-0.2, 0) is 4.79 Å². The summed E-state index contributed by atoms with van der Waals surface area (Å²) >= 11 is 1.72. The van der Waals surface area contributed by atoms with Gasteiger partial charge in [0.25, 0.3) is 0 Å². The Morgan fingerprint density at radius 1 is 1.38 bits per heavy atom. The molecule has 0 fully saturated rings. The predicted molar refractivity (Wildman–Crippen MR) is 90.6 cm³/mol. The Hall–Kier alpha value is -1.42. The van der Waals surface area contributed by atoms with Crippen LogP contribution in [0.15, 0.2) is 39.4 Å². The van der Waals surface area contributed by atoms with Gasteiger partial charge in [0.15, 0.2) is 0 Å². The number of Topliss-reactive ketones (excluding diaryl/α,β-unsaturated/α-hetero) is 1. The average molecular weight is 302 g/mol. The van der Waals surface area contributed by atoms with Crippen molar-refractivity contribution in [1.82, 2.24) is 0 Å². The van der Waals surface area contributed by atoms with E-state index in [1.807, 2.05) is 0 Å². The van der Waals surface area contributed by atoms with E-state index in [9.17, 15) is 4.79 Å². The topological polar surface area (TPSA) is 41.8 Å². The van der Waals surface area contributed by atoms with Crippen LogP contribution in [0.4, 0.5) is 0 Å². The zero-order valence-electron chi connectivity index (χ0n) is 12.9. The highest BCUT2D eigenvalue weighted by Crippen LogP contribution is 2.32. The lowest BCUT2D eigenvalue weighted by atomic mass is 9.79. The molecule has 0 bridgehead atoms. The third kappa shape index (κ3) is 3.82. The SMILES string of the molecule is CCCCC1=NN=CC(C(C)=O)C1c1cccc(SC)c1. The Balaban J connectivity index is 2.38. The normalized spacial score (nSPS) is 21.2. The standard InChI is InChI=1S/C17H22N2OS/c1-4-5-9-16-17(15(12(2)20)11-18-19-16)13-7-6-8-14(10-13)21-3/h6-8,10-11,15,17H,4-5,9H2,1-3H3. The highest BCUT2D eigenvalue weighted by atomic mass is 32.2. The van der Waals surface area contributed by atoms with Crippen LogP contribution in [0, 0.1) is 5.92 Å². The zero-order valence-corrected chi connectivity index (χ0v) is 13.7. The van der Waals surface area contributed by atoms with E-state index >= 15 is 0 Å². The monoisotopic (exact) mass is 302 g/mol. The van der Waals surface area contributed by atoms with E-state index in [2.05, 4.69) is 47.6 Å². The molecule has 21 heavy (non-hydrogen) atoms. The molecule has 0 saturated carbocycles. The van der Waals surface area contributed by atoms with E-state index in [-0.39, 0.29) is 17.6 Å². The predicted octanol–water partition coefficient (Wildman–Crippen LogP) is 4.33. The maximum absolute atomic E-state index is 12.0. The maximum atomic E-state index is 12.0. The molecule has 1 aromatic carbocycles. The van der Waals surface area contributed by atoms with E-state index in [1.54, 1.807) is 24.9 Å². The molecule has 2 rings (SSSR count). The largest absolute Gasteiger partial charge is 0.299 e. The number of benzene rings is 1. The van der Waals surface area contributed by atoms with Crippen molar-refractivity contribution >= 4 is 29.5 Å². The molecule has 1 aliphatic heterocycles. The van der Waals surface area contributed by atoms with Crippen molar-refractivity contribution in [3.8, 4) is 0 Å². The molecule has 0 aromatic heterocycles. The zero-order chi connectivity index (χ0) is 15.2. The highest BCUT2D eigenvalue weighted by molar-refractivity contribution is 7.98. The molecule has 0 radical (unpaired) electrons. The Morgan fingerprint density at radius 3 is 2.86 bits per heavy atom. The van der Waals surface area contributed by atoms with Crippen LogP contribution in [0.2, 0.25) is 0 Å². The summed E-state index contributed by atoms with van der Waals surface area (Å²) in [7, 11) is 0. The third-order valence-electron chi connectivity index (χ3n) is 3.84. The minimum absolute atomic E-state index is 0.0404. The Kier molecular flexibility index (Phi) is 5.74. The quantitative estimate of drug-likeness (QED) is 0.734. The molecule has 0 N–H and O–H groups in total. The van der Waals surface area contributed by atoms with Crippen LogP contribution in [0.25, 0.3) is 0 Å². The van der Waals surface area contributed by atoms with Crippen LogP contribution >= 0.6 is 11.8 Å². The van der Waals surface area contributed by atoms with Crippen molar-refractivity contribution in [3.63, 3.8) is 0 Å². The van der Waals surface area contributed by atoms with Gasteiger partial charge >= 0.3 is 0 Å². The summed E-state index contributed by atoms with van der Waals surface area (Å²) in [6.07, 6.45) is 6.87. The fourth-order valence-corrected chi connectivity index (χ4v) is 3.14. The number of hydrogen-bond acceptors (Lipinski definition) is 4. The van der Waals surface area contributed by atoms with Crippen molar-refractivity contribution in [1.29, 1.82) is 0 Å². The molecule has 2 unspecified atom stereocenters. The van der Waals surface area contributed by atoms with Gasteiger partial charge in [-0.15, -0.1) is 11.8 Å². The van der Waals surface area contributed by atoms with Gasteiger partial charge in [-0.25, -0.2) is 0 Å². The summed E-state index contributed by atoms with van der Waals surface area (Å²) in [4.78, 5) is 13.2. The second kappa shape index (κ2) is 7.55. The summed E-state index contributed by atoms with van der Waals surface area (Å²) in [6, 6.07) is 8.42. The molecule has 1 heterocycles. The molecule has 0 saturated heterocycles. The number of rotatable bonds is 6. The Labute approximate surface area is 130 Å². The summed E-state index contributed by atoms with van der Waals surface area (Å²) in [6.45, 7) is 3.81. The van der Waals surface area contributed by atoms with Crippen LogP contribution in [-0.4, -0.2) is 24.0 Å². The molecule has 0 spiro atoms. The Bertz CT molecular complexity index is 566. The van der Waals surface area contributed by atoms with Gasteiger partial charge in [0.05, 0.1) is 5.92 Å². The van der Waals surface area contributed by atoms with E-state index in [0.29, 0.717) is 0 Å². The van der Waals surface area contributed by atoms with Gasteiger partial charge in [-0.05, 0) is 43.7 Å². The fourth-order valence-electron chi connectivity index (χ4n) is 2.67. The maximum Gasteiger partial charge on any atom is 0.139 e. The van der Waals surface area contributed by atoms with Crippen molar-refractivity contribution in [2.75, 3.05) is 6.26 Å². The average Bonchev–Trinajstić information content (AvgIpc) is 2.52. The van der Waals surface area contributed by atoms with Crippen molar-refractivity contribution < 1.29 is 4.79 Å². The van der Waals surface area contributed by atoms with E-state index in [1.165, 1.54) is 10.5 Å². The van der Waals surface area contributed by atoms with Gasteiger partial charge in [-0.1, -0.05) is 25.5 Å². The molecule has 4 heteroatoms. The van der Waals surface area contributed by atoms with E-state index < -0.39 is 0 Å². The highest BCUT2D eigenvalue weighted by Gasteiger charge is 2.32. The minimum Gasteiger partial charge on any atom is -0.299 e. The van der Waals surface area contributed by atoms with Crippen LogP contribution < -0.4 is 0 Å². The number of carbonyl (C=O) groups is 1. The first-order chi connectivity index (χ1) is 10.2. The molecule has 0 aliphatic carbocycles. The van der Waals surface area contributed by atoms with Crippen LogP contribution in [0.1, 0.15) is 44.6 Å². The molecule has 1 aromatic rings. The van der Waals surface area contributed by atoms with Gasteiger partial charge in [-0.2, -0.15) is 10.2 Å². The second-order valence-corrected chi connectivity index (χ2v) is 6.23. The Morgan fingerprint density at radius 2 is 2.19 bits per heavy atom. The number of ketones is 1. The smallest absolute Gasteiger partial charge is 0.139 e. The van der Waals surface area contributed by atoms with Crippen molar-refractivity contribution in [2.45, 2.75) is 43.9 Å². The van der Waals surface area contributed by atoms with Crippen molar-refractivity contribution in [2.24, 2.45) is 16.1 Å². The first-order valence-corrected chi connectivity index (χ1v) is 8.64. The summed E-state index contributed by atoms with van der Waals surface area (Å²) in [5, 5.41) is 8.41. The number of carbonyl (C=O) groups excluding carboxylic acids is 1. The van der Waals surface area contributed by atoms with Gasteiger partial charge in [0.2, 0.25) is 0 Å². The molecule has 2 atom stereocenters. The summed E-state index contributed by atoms with van der Waals surface area (Å²) < 4.78 is 0. The number of unbranched alkanes of at least 4 members (excludes halogenated alkanes) is 1. The van der Waals surface area contributed by atoms with Gasteiger partial charge in [-0.3, -0.25) is 4.79 Å². The van der Waals surface area contributed by atoms with E-state index in [0.717, 1.165) is 25.0 Å². The molecular weight excluding hydrogens is 280 g/mol. The van der Waals surface area contributed by atoms with Gasteiger partial charge < -0.3 is 0 Å². The molecule has 112 valence electrons. The van der Waals surface area contributed by atoms with Gasteiger partial charge in [0, 0.05) is 22.7 Å². The number of thioether (sulfide) groups is 1. The minimum atomic E-state index is -0.188. The van der Waals surface area contributed by atoms with Gasteiger partial charge in [0.1, 0.15) is 5.78 Å². The number of hydrogen-bond donors (Lipinski definition) is 0. The van der Waals surface area contributed by atoms with E-state index in [4.69, 9.17) is 0 Å². The van der Waals surface area contributed by atoms with Crippen LogP contribution in [0.3, 0.4) is 0 Å². The lowest BCUT2D eigenvalue weighted by Crippen LogP contribution is -2.30. The third-order valence-corrected chi connectivity index (χ3v) is 4.57. The lowest BCUT2D eigenvalue weighted by Gasteiger charge is -2.26. The fraction of sp³-hybridized carbons (Fsp3) is 0.471. The van der Waals surface area contributed by atoms with Crippen molar-refractivity contribution in [3.05, 3.63) is 29.8 Å². The summed E-state index contributed by atoms with van der Waals surface area (Å²) in [5.74, 6) is 0.00677. The van der Waals surface area contributed by atoms with Crippen LogP contribution in [0.5, 0.6) is 0 Å². The second-order valence-electron chi connectivity index (χ2n) is 5.35. The molecule has 0 amide bonds. The molecular formula is C17H22N2OS. The first-order valence-electron chi connectivity index (χ1n) is 7.41. The molecule has 3 nitrogen and oxygen atoms in total. The summed E-state index contributed by atoms with van der Waals surface area (Å²) in [5.41, 5.74) is 2.21. The first kappa shape index (κ1) is 16.0.